The van der Waals surface area contributed by atoms with Gasteiger partial charge in [-0.25, -0.2) is 0 Å². The quantitative estimate of drug-likeness (QED) is 0.721. The Hall–Kier alpha value is -1.50. The Kier molecular flexibility index (Phi) is 2.99. The van der Waals surface area contributed by atoms with Gasteiger partial charge in [-0.3, -0.25) is 0 Å². The van der Waals surface area contributed by atoms with Gasteiger partial charge < -0.3 is 4.74 Å². The molecule has 0 aromatic heterocycles. The van der Waals surface area contributed by atoms with Crippen molar-refractivity contribution in [2.24, 2.45) is 0 Å². The zero-order valence-electron chi connectivity index (χ0n) is 13.3. The summed E-state index contributed by atoms with van der Waals surface area (Å²) in [5.74, 6) is 2.40. The number of hydrogen-bond donors (Lipinski definition) is 0. The molecule has 0 radical (unpaired) electrons. The summed E-state index contributed by atoms with van der Waals surface area (Å²) in [5.41, 5.74) is 6.29. The van der Waals surface area contributed by atoms with Crippen LogP contribution in [-0.2, 0) is 12.8 Å². The second kappa shape index (κ2) is 4.76. The van der Waals surface area contributed by atoms with Gasteiger partial charge in [-0.1, -0.05) is 19.9 Å². The molecule has 0 aliphatic heterocycles. The van der Waals surface area contributed by atoms with Gasteiger partial charge in [0.05, 0.1) is 7.11 Å². The molecule has 21 heavy (non-hydrogen) atoms. The molecular formula is C20H24O. The summed E-state index contributed by atoms with van der Waals surface area (Å²) in [6.45, 7) is 4.49. The van der Waals surface area contributed by atoms with Gasteiger partial charge in [0.25, 0.3) is 0 Å². The van der Waals surface area contributed by atoms with Crippen molar-refractivity contribution in [2.75, 3.05) is 7.11 Å². The number of ether oxygens (including phenoxy) is 1. The van der Waals surface area contributed by atoms with Gasteiger partial charge in [0.15, 0.2) is 0 Å². The van der Waals surface area contributed by atoms with Crippen LogP contribution in [0.5, 0.6) is 5.75 Å². The van der Waals surface area contributed by atoms with Crippen molar-refractivity contribution in [1.82, 2.24) is 0 Å². The summed E-state index contributed by atoms with van der Waals surface area (Å²) in [4.78, 5) is 0. The van der Waals surface area contributed by atoms with Crippen molar-refractivity contribution in [3.8, 4) is 5.75 Å². The first-order chi connectivity index (χ1) is 10.2. The summed E-state index contributed by atoms with van der Waals surface area (Å²) in [5, 5.41) is 2.87. The minimum atomic E-state index is 0.502. The van der Waals surface area contributed by atoms with Crippen LogP contribution in [0.25, 0.3) is 10.8 Å². The molecule has 0 heterocycles. The molecule has 2 aromatic carbocycles. The number of benzene rings is 2. The van der Waals surface area contributed by atoms with Crippen molar-refractivity contribution in [2.45, 2.75) is 57.8 Å². The third-order valence-electron chi connectivity index (χ3n) is 5.50. The fourth-order valence-corrected chi connectivity index (χ4v) is 4.50. The maximum atomic E-state index is 5.68. The molecule has 0 N–H and O–H groups in total. The number of hydrogen-bond acceptors (Lipinski definition) is 1. The van der Waals surface area contributed by atoms with Crippen molar-refractivity contribution in [1.29, 1.82) is 0 Å². The minimum Gasteiger partial charge on any atom is -0.496 e. The van der Waals surface area contributed by atoms with E-state index < -0.39 is 0 Å². The highest BCUT2D eigenvalue weighted by atomic mass is 16.5. The first-order valence-electron chi connectivity index (χ1n) is 8.35. The average molecular weight is 280 g/mol. The molecule has 0 saturated carbocycles. The van der Waals surface area contributed by atoms with E-state index in [0.717, 1.165) is 11.7 Å². The molecule has 0 amide bonds. The van der Waals surface area contributed by atoms with Crippen LogP contribution in [0.15, 0.2) is 18.2 Å². The lowest BCUT2D eigenvalue weighted by molar-refractivity contribution is 0.408. The molecule has 0 spiro atoms. The number of fused-ring (bicyclic) bond motifs is 2. The third-order valence-corrected chi connectivity index (χ3v) is 5.50. The highest BCUT2D eigenvalue weighted by Gasteiger charge is 2.30. The van der Waals surface area contributed by atoms with Gasteiger partial charge >= 0.3 is 0 Å². The molecule has 2 aromatic rings. The molecule has 2 aliphatic rings. The fourth-order valence-electron chi connectivity index (χ4n) is 4.50. The van der Waals surface area contributed by atoms with Crippen LogP contribution in [0, 0.1) is 0 Å². The number of aryl methyl sites for hydroxylation is 2. The monoisotopic (exact) mass is 280 g/mol. The van der Waals surface area contributed by atoms with Gasteiger partial charge in [0.2, 0.25) is 0 Å². The van der Waals surface area contributed by atoms with Crippen molar-refractivity contribution < 1.29 is 4.74 Å². The summed E-state index contributed by atoms with van der Waals surface area (Å²) in [6, 6.07) is 7.14. The summed E-state index contributed by atoms with van der Waals surface area (Å²) in [7, 11) is 1.80. The van der Waals surface area contributed by atoms with Gasteiger partial charge in [0, 0.05) is 0 Å². The topological polar surface area (TPSA) is 9.23 Å². The predicted molar refractivity (Wildman–Crippen MR) is 88.6 cm³/mol. The van der Waals surface area contributed by atoms with Gasteiger partial charge in [-0.05, 0) is 89.1 Å². The lowest BCUT2D eigenvalue weighted by Gasteiger charge is -2.24. The molecule has 0 bridgehead atoms. The average Bonchev–Trinajstić information content (AvgIpc) is 2.91. The number of methoxy groups -OCH3 is 1. The van der Waals surface area contributed by atoms with E-state index >= 15 is 0 Å². The largest absolute Gasteiger partial charge is 0.496 e. The molecule has 0 unspecified atom stereocenters. The second-order valence-electron chi connectivity index (χ2n) is 7.03. The maximum absolute atomic E-state index is 5.68. The lowest BCUT2D eigenvalue weighted by atomic mass is 9.81. The third kappa shape index (κ3) is 1.90. The Bertz CT molecular complexity index is 712. The SMILES string of the molecule is COc1cc2c3c4c(cc2cc1C(C)C)CC[C@@H]4CCC3. The van der Waals surface area contributed by atoms with Gasteiger partial charge in [-0.15, -0.1) is 0 Å². The molecule has 110 valence electrons. The first-order valence-corrected chi connectivity index (χ1v) is 8.35. The molecule has 0 fully saturated rings. The Morgan fingerprint density at radius 1 is 1.10 bits per heavy atom. The normalized spacial score (nSPS) is 20.1. The van der Waals surface area contributed by atoms with E-state index in [4.69, 9.17) is 4.74 Å². The molecule has 2 aliphatic carbocycles. The summed E-state index contributed by atoms with van der Waals surface area (Å²) >= 11 is 0. The van der Waals surface area contributed by atoms with Crippen LogP contribution in [-0.4, -0.2) is 7.11 Å². The number of rotatable bonds is 2. The highest BCUT2D eigenvalue weighted by Crippen LogP contribution is 2.46. The maximum Gasteiger partial charge on any atom is 0.122 e. The van der Waals surface area contributed by atoms with Crippen LogP contribution in [0.3, 0.4) is 0 Å². The van der Waals surface area contributed by atoms with Crippen molar-refractivity contribution in [3.63, 3.8) is 0 Å². The van der Waals surface area contributed by atoms with Gasteiger partial charge in [-0.2, -0.15) is 0 Å². The minimum absolute atomic E-state index is 0.502. The Labute approximate surface area is 127 Å². The first kappa shape index (κ1) is 13.2. The zero-order chi connectivity index (χ0) is 14.6. The lowest BCUT2D eigenvalue weighted by Crippen LogP contribution is -2.08. The Balaban J connectivity index is 2.03. The fraction of sp³-hybridized carbons (Fsp3) is 0.500. The Morgan fingerprint density at radius 2 is 1.95 bits per heavy atom. The van der Waals surface area contributed by atoms with Crippen LogP contribution >= 0.6 is 0 Å². The van der Waals surface area contributed by atoms with E-state index in [0.29, 0.717) is 5.92 Å². The van der Waals surface area contributed by atoms with Crippen LogP contribution in [0.4, 0.5) is 0 Å². The van der Waals surface area contributed by atoms with E-state index in [-0.39, 0.29) is 0 Å². The highest BCUT2D eigenvalue weighted by molar-refractivity contribution is 5.91. The molecule has 1 atom stereocenters. The summed E-state index contributed by atoms with van der Waals surface area (Å²) in [6.07, 6.45) is 6.65. The van der Waals surface area contributed by atoms with Gasteiger partial charge in [0.1, 0.15) is 5.75 Å². The summed E-state index contributed by atoms with van der Waals surface area (Å²) < 4.78 is 5.68. The zero-order valence-corrected chi connectivity index (χ0v) is 13.3. The van der Waals surface area contributed by atoms with E-state index in [1.807, 2.05) is 0 Å². The van der Waals surface area contributed by atoms with E-state index in [1.165, 1.54) is 48.4 Å². The smallest absolute Gasteiger partial charge is 0.122 e. The van der Waals surface area contributed by atoms with E-state index in [1.54, 1.807) is 23.8 Å². The predicted octanol–water partition coefficient (Wildman–Crippen LogP) is 5.34. The molecular weight excluding hydrogens is 256 g/mol. The molecule has 1 nitrogen and oxygen atoms in total. The molecule has 0 saturated heterocycles. The Morgan fingerprint density at radius 3 is 2.71 bits per heavy atom. The van der Waals surface area contributed by atoms with E-state index in [9.17, 15) is 0 Å². The van der Waals surface area contributed by atoms with Crippen LogP contribution in [0.1, 0.15) is 67.2 Å². The van der Waals surface area contributed by atoms with Crippen LogP contribution < -0.4 is 4.74 Å². The standard InChI is InChI=1S/C20H24O/c1-12(2)17-10-15-9-14-8-7-13-5-4-6-16(20(13)14)18(15)11-19(17)21-3/h9-13H,4-8H2,1-3H3/t13-/m0/s1. The van der Waals surface area contributed by atoms with Crippen molar-refractivity contribution in [3.05, 3.63) is 40.5 Å². The van der Waals surface area contributed by atoms with Crippen LogP contribution in [0.2, 0.25) is 0 Å². The van der Waals surface area contributed by atoms with Crippen molar-refractivity contribution >= 4 is 10.8 Å². The van der Waals surface area contributed by atoms with E-state index in [2.05, 4.69) is 32.0 Å². The molecule has 1 heteroatoms. The molecule has 4 rings (SSSR count). The second-order valence-corrected chi connectivity index (χ2v) is 7.03.